The van der Waals surface area contributed by atoms with Crippen molar-refractivity contribution in [3.05, 3.63) is 82.9 Å². The average molecular weight is 332 g/mol. The Bertz CT molecular complexity index is 1050. The van der Waals surface area contributed by atoms with Gasteiger partial charge in [-0.1, -0.05) is 18.2 Å². The van der Waals surface area contributed by atoms with Crippen LogP contribution in [0.15, 0.2) is 54.6 Å². The van der Waals surface area contributed by atoms with Crippen LogP contribution in [0, 0.1) is 6.07 Å². The molecule has 3 aromatic rings. The van der Waals surface area contributed by atoms with Crippen LogP contribution in [-0.4, -0.2) is 16.2 Å². The zero-order valence-corrected chi connectivity index (χ0v) is 12.7. The monoisotopic (exact) mass is 332 g/mol. The number of esters is 1. The Hall–Kier alpha value is -3.47. The molecule has 2 heterocycles. The van der Waals surface area contributed by atoms with Crippen molar-refractivity contribution >= 4 is 5.97 Å². The van der Waals surface area contributed by atoms with Crippen molar-refractivity contribution in [2.45, 2.75) is 5.60 Å². The number of fused-ring (bicyclic) bond motifs is 6. The molecule has 5 heteroatoms. The number of carbonyl (C=O) groups is 1. The Morgan fingerprint density at radius 1 is 0.960 bits per heavy atom. The van der Waals surface area contributed by atoms with Gasteiger partial charge in [-0.05, 0) is 30.3 Å². The minimum atomic E-state index is -1.29. The molecule has 0 bridgehead atoms. The van der Waals surface area contributed by atoms with E-state index in [1.165, 1.54) is 30.3 Å². The van der Waals surface area contributed by atoms with E-state index in [4.69, 9.17) is 10.8 Å². The third-order valence-electron chi connectivity index (χ3n) is 4.54. The zero-order chi connectivity index (χ0) is 18.1. The first-order valence-electron chi connectivity index (χ1n) is 8.10. The predicted octanol–water partition coefficient (Wildman–Crippen LogP) is 3.47. The van der Waals surface area contributed by atoms with Gasteiger partial charge in [0.05, 0.1) is 6.93 Å². The highest BCUT2D eigenvalue weighted by Gasteiger charge is 2.53. The minimum absolute atomic E-state index is 0.000110. The van der Waals surface area contributed by atoms with Gasteiger partial charge in [0.15, 0.2) is 5.60 Å². The quantitative estimate of drug-likeness (QED) is 0.617. The van der Waals surface area contributed by atoms with Gasteiger partial charge in [0.1, 0.15) is 23.0 Å². The van der Waals surface area contributed by atoms with Crippen LogP contribution >= 0.6 is 0 Å². The predicted molar refractivity (Wildman–Crippen MR) is 86.9 cm³/mol. The molecule has 0 unspecified atom stereocenters. The molecule has 0 saturated heterocycles. The molecular weight excluding hydrogens is 320 g/mol. The Morgan fingerprint density at radius 3 is 2.24 bits per heavy atom. The fourth-order valence-electron chi connectivity index (χ4n) is 3.53. The molecule has 0 saturated carbocycles. The van der Waals surface area contributed by atoms with Crippen molar-refractivity contribution in [2.24, 2.45) is 0 Å². The van der Waals surface area contributed by atoms with E-state index in [1.807, 2.05) is 0 Å². The molecule has 0 aromatic heterocycles. The lowest BCUT2D eigenvalue weighted by Gasteiger charge is -2.36. The number of aromatic hydroxyl groups is 2. The Balaban J connectivity index is 1.90. The van der Waals surface area contributed by atoms with E-state index >= 15 is 0 Å². The van der Waals surface area contributed by atoms with Gasteiger partial charge in [-0.2, -0.15) is 0 Å². The lowest BCUT2D eigenvalue weighted by atomic mass is 9.77. The summed E-state index contributed by atoms with van der Waals surface area (Å²) in [5.41, 5.74) is 0.539. The first-order valence-corrected chi connectivity index (χ1v) is 7.60. The summed E-state index contributed by atoms with van der Waals surface area (Å²) >= 11 is 0. The topological polar surface area (TPSA) is 76.0 Å². The van der Waals surface area contributed by atoms with Gasteiger partial charge in [0.2, 0.25) is 0 Å². The maximum Gasteiger partial charge on any atom is 0.340 e. The van der Waals surface area contributed by atoms with Gasteiger partial charge >= 0.3 is 5.97 Å². The van der Waals surface area contributed by atoms with E-state index in [-0.39, 0.29) is 23.1 Å². The highest BCUT2D eigenvalue weighted by molar-refractivity contribution is 5.96. The summed E-state index contributed by atoms with van der Waals surface area (Å²) in [4.78, 5) is 12.6. The van der Waals surface area contributed by atoms with Gasteiger partial charge in [0, 0.05) is 28.8 Å². The summed E-state index contributed by atoms with van der Waals surface area (Å²) in [5, 5.41) is 19.7. The summed E-state index contributed by atoms with van der Waals surface area (Å²) in [6.07, 6.45) is 0. The third-order valence-corrected chi connectivity index (χ3v) is 4.54. The van der Waals surface area contributed by atoms with Gasteiger partial charge in [-0.15, -0.1) is 0 Å². The van der Waals surface area contributed by atoms with Crippen molar-refractivity contribution in [1.29, 1.82) is 0 Å². The average Bonchev–Trinajstić information content (AvgIpc) is 2.87. The molecule has 0 aliphatic carbocycles. The van der Waals surface area contributed by atoms with E-state index < -0.39 is 11.6 Å². The van der Waals surface area contributed by atoms with E-state index in [1.54, 1.807) is 18.2 Å². The SMILES string of the molecule is [2H]c1[c]c2c(cc1)C1(OC2=O)c2ccc(O)cc2Oc2cc(O)ccc21. The molecular formula is C20H11O5. The number of ether oxygens (including phenoxy) is 2. The molecule has 1 spiro atoms. The second-order valence-electron chi connectivity index (χ2n) is 5.93. The Labute approximate surface area is 144 Å². The number of phenols is 2. The molecule has 5 nitrogen and oxygen atoms in total. The Kier molecular flexibility index (Phi) is 2.34. The second kappa shape index (κ2) is 4.54. The largest absolute Gasteiger partial charge is 0.508 e. The van der Waals surface area contributed by atoms with Crippen LogP contribution in [0.5, 0.6) is 23.0 Å². The molecule has 0 amide bonds. The third kappa shape index (κ3) is 1.69. The minimum Gasteiger partial charge on any atom is -0.508 e. The van der Waals surface area contributed by atoms with Crippen molar-refractivity contribution in [3.63, 3.8) is 0 Å². The number of rotatable bonds is 0. The van der Waals surface area contributed by atoms with Gasteiger partial charge in [-0.25, -0.2) is 4.79 Å². The van der Waals surface area contributed by atoms with Crippen LogP contribution in [0.3, 0.4) is 0 Å². The van der Waals surface area contributed by atoms with Crippen molar-refractivity contribution < 1.29 is 25.9 Å². The molecule has 25 heavy (non-hydrogen) atoms. The molecule has 0 fully saturated rings. The lowest BCUT2D eigenvalue weighted by molar-refractivity contribution is 0.0224. The lowest BCUT2D eigenvalue weighted by Crippen LogP contribution is -2.32. The Morgan fingerprint density at radius 2 is 1.60 bits per heavy atom. The van der Waals surface area contributed by atoms with Crippen LogP contribution < -0.4 is 4.74 Å². The number of benzene rings is 3. The summed E-state index contributed by atoms with van der Waals surface area (Å²) in [7, 11) is 0. The van der Waals surface area contributed by atoms with E-state index in [0.29, 0.717) is 28.2 Å². The molecule has 1 radical (unpaired) electrons. The molecule has 2 aliphatic heterocycles. The summed E-state index contributed by atoms with van der Waals surface area (Å²) < 4.78 is 19.4. The molecule has 2 aliphatic rings. The van der Waals surface area contributed by atoms with E-state index in [2.05, 4.69) is 6.07 Å². The fraction of sp³-hybridized carbons (Fsp3) is 0.0500. The maximum atomic E-state index is 12.6. The van der Waals surface area contributed by atoms with Crippen molar-refractivity contribution in [2.75, 3.05) is 0 Å². The highest BCUT2D eigenvalue weighted by Crippen LogP contribution is 2.56. The number of hydrogen-bond donors (Lipinski definition) is 2. The molecule has 2 N–H and O–H groups in total. The first kappa shape index (κ1) is 12.9. The van der Waals surface area contributed by atoms with Crippen LogP contribution in [0.1, 0.15) is 28.4 Å². The van der Waals surface area contributed by atoms with Crippen molar-refractivity contribution in [3.8, 4) is 23.0 Å². The molecule has 5 rings (SSSR count). The van der Waals surface area contributed by atoms with Gasteiger partial charge in [0.25, 0.3) is 0 Å². The van der Waals surface area contributed by atoms with Crippen LogP contribution in [0.2, 0.25) is 0 Å². The van der Waals surface area contributed by atoms with Gasteiger partial charge < -0.3 is 19.7 Å². The maximum absolute atomic E-state index is 12.6. The summed E-state index contributed by atoms with van der Waals surface area (Å²) in [5.74, 6) is 0.0479. The van der Waals surface area contributed by atoms with Crippen LogP contribution in [0.25, 0.3) is 0 Å². The number of phenolic OH excluding ortho intramolecular Hbond substituents is 2. The van der Waals surface area contributed by atoms with Crippen LogP contribution in [0.4, 0.5) is 0 Å². The van der Waals surface area contributed by atoms with Crippen LogP contribution in [-0.2, 0) is 10.3 Å². The molecule has 3 aromatic carbocycles. The summed E-state index contributed by atoms with van der Waals surface area (Å²) in [6.45, 7) is 0. The highest BCUT2D eigenvalue weighted by atomic mass is 16.6. The number of carbonyl (C=O) groups excluding carboxylic acids is 1. The van der Waals surface area contributed by atoms with Gasteiger partial charge in [-0.3, -0.25) is 0 Å². The smallest absolute Gasteiger partial charge is 0.340 e. The van der Waals surface area contributed by atoms with E-state index in [9.17, 15) is 15.0 Å². The second-order valence-corrected chi connectivity index (χ2v) is 5.93. The molecule has 121 valence electrons. The fourth-order valence-corrected chi connectivity index (χ4v) is 3.53. The van der Waals surface area contributed by atoms with Crippen molar-refractivity contribution in [1.82, 2.24) is 0 Å². The zero-order valence-electron chi connectivity index (χ0n) is 13.7. The summed E-state index contributed by atoms with van der Waals surface area (Å²) in [6, 6.07) is 15.1. The standard InChI is InChI=1S/C20H11O5/c21-11-5-7-15-17(9-11)24-18-10-12(22)6-8-16(18)20(15)14-4-2-1-3-13(14)19(23)25-20/h1-2,4-10,21-22H/i1D. The van der Waals surface area contributed by atoms with E-state index in [0.717, 1.165) is 0 Å². The number of hydrogen-bond acceptors (Lipinski definition) is 5. The first-order chi connectivity index (χ1) is 12.5. The normalized spacial score (nSPS) is 16.3. The molecule has 0 atom stereocenters.